The quantitative estimate of drug-likeness (QED) is 0.288. The van der Waals surface area contributed by atoms with Crippen molar-refractivity contribution >= 4 is 27.5 Å². The zero-order valence-electron chi connectivity index (χ0n) is 24.1. The molecular weight excluding hydrogens is 522 g/mol. The molecule has 8 heteroatoms. The van der Waals surface area contributed by atoms with Gasteiger partial charge in [0.25, 0.3) is 10.0 Å². The van der Waals surface area contributed by atoms with Gasteiger partial charge in [-0.2, -0.15) is 0 Å². The van der Waals surface area contributed by atoms with E-state index in [0.717, 1.165) is 21.9 Å². The third kappa shape index (κ3) is 7.72. The maximum atomic E-state index is 14.1. The Morgan fingerprint density at radius 1 is 0.800 bits per heavy atom. The van der Waals surface area contributed by atoms with Crippen LogP contribution in [0.25, 0.3) is 0 Å². The molecule has 214 valence electrons. The van der Waals surface area contributed by atoms with Gasteiger partial charge in [0.05, 0.1) is 10.6 Å². The average molecular weight is 564 g/mol. The molecule has 0 saturated carbocycles. The van der Waals surface area contributed by atoms with Crippen LogP contribution in [0.2, 0.25) is 0 Å². The van der Waals surface area contributed by atoms with Crippen LogP contribution in [0.15, 0.2) is 89.8 Å². The van der Waals surface area contributed by atoms with Crippen LogP contribution in [0.4, 0.5) is 5.69 Å². The summed E-state index contributed by atoms with van der Waals surface area (Å²) in [6.45, 7) is 9.62. The van der Waals surface area contributed by atoms with E-state index in [0.29, 0.717) is 12.1 Å². The molecule has 1 N–H and O–H groups in total. The summed E-state index contributed by atoms with van der Waals surface area (Å²) in [6, 6.07) is 23.9. The number of carbonyl (C=O) groups is 2. The van der Waals surface area contributed by atoms with E-state index in [4.69, 9.17) is 0 Å². The first kappa shape index (κ1) is 30.9. The van der Waals surface area contributed by atoms with E-state index in [1.54, 1.807) is 30.3 Å². The number of benzene rings is 3. The lowest BCUT2D eigenvalue weighted by atomic mass is 10.0. The molecule has 3 aromatic rings. The Morgan fingerprint density at radius 2 is 1.38 bits per heavy atom. The number of carbonyl (C=O) groups excluding carboxylic acids is 2. The molecule has 2 amide bonds. The molecule has 0 unspecified atom stereocenters. The summed E-state index contributed by atoms with van der Waals surface area (Å²) < 4.78 is 28.9. The highest BCUT2D eigenvalue weighted by Crippen LogP contribution is 2.27. The fourth-order valence-electron chi connectivity index (χ4n) is 4.41. The van der Waals surface area contributed by atoms with E-state index >= 15 is 0 Å². The summed E-state index contributed by atoms with van der Waals surface area (Å²) in [5.41, 5.74) is 2.30. The maximum absolute atomic E-state index is 14.1. The molecule has 0 aromatic heterocycles. The molecule has 0 saturated heterocycles. The minimum absolute atomic E-state index is 0.0512. The molecular formula is C32H41N3O4S. The van der Waals surface area contributed by atoms with Crippen LogP contribution < -0.4 is 9.62 Å². The third-order valence-electron chi connectivity index (χ3n) is 7.04. The van der Waals surface area contributed by atoms with Gasteiger partial charge >= 0.3 is 0 Å². The van der Waals surface area contributed by atoms with Crippen molar-refractivity contribution in [1.29, 1.82) is 0 Å². The average Bonchev–Trinajstić information content (AvgIpc) is 2.96. The van der Waals surface area contributed by atoms with Crippen molar-refractivity contribution in [3.8, 4) is 0 Å². The molecule has 0 bridgehead atoms. The van der Waals surface area contributed by atoms with Crippen LogP contribution in [-0.4, -0.2) is 43.8 Å². The van der Waals surface area contributed by atoms with E-state index < -0.39 is 28.5 Å². The zero-order valence-corrected chi connectivity index (χ0v) is 24.9. The van der Waals surface area contributed by atoms with Crippen molar-refractivity contribution in [1.82, 2.24) is 10.2 Å². The maximum Gasteiger partial charge on any atom is 0.264 e. The first-order valence-corrected chi connectivity index (χ1v) is 15.3. The van der Waals surface area contributed by atoms with Crippen LogP contribution in [-0.2, 0) is 26.2 Å². The predicted octanol–water partition coefficient (Wildman–Crippen LogP) is 5.73. The summed E-state index contributed by atoms with van der Waals surface area (Å²) in [5.74, 6) is -0.437. The lowest BCUT2D eigenvalue weighted by Crippen LogP contribution is -2.53. The van der Waals surface area contributed by atoms with Gasteiger partial charge in [-0.3, -0.25) is 13.9 Å². The Hall–Kier alpha value is -3.65. The second-order valence-electron chi connectivity index (χ2n) is 10.3. The number of hydrogen-bond donors (Lipinski definition) is 1. The number of nitrogens with one attached hydrogen (secondary N) is 1. The minimum Gasteiger partial charge on any atom is -0.352 e. The van der Waals surface area contributed by atoms with Gasteiger partial charge in [0.15, 0.2) is 0 Å². The van der Waals surface area contributed by atoms with E-state index in [2.05, 4.69) is 19.2 Å². The molecule has 0 spiro atoms. The Balaban J connectivity index is 2.04. The van der Waals surface area contributed by atoms with Crippen molar-refractivity contribution in [3.05, 3.63) is 96.1 Å². The monoisotopic (exact) mass is 563 g/mol. The van der Waals surface area contributed by atoms with Crippen molar-refractivity contribution in [2.24, 2.45) is 0 Å². The van der Waals surface area contributed by atoms with Crippen LogP contribution in [0.5, 0.6) is 0 Å². The van der Waals surface area contributed by atoms with E-state index in [9.17, 15) is 18.0 Å². The zero-order chi connectivity index (χ0) is 29.3. The number of sulfonamides is 1. The molecule has 0 aliphatic carbocycles. The molecule has 0 fully saturated rings. The number of hydrogen-bond acceptors (Lipinski definition) is 4. The predicted molar refractivity (Wildman–Crippen MR) is 160 cm³/mol. The molecule has 0 aliphatic rings. The van der Waals surface area contributed by atoms with E-state index in [-0.39, 0.29) is 29.3 Å². The molecule has 0 aliphatic heterocycles. The highest BCUT2D eigenvalue weighted by atomic mass is 32.2. The standard InChI is InChI=1S/C32H41N3O4S/c1-6-25(5)33-32(37)30(7-2)34(22-26-14-10-8-11-15-26)31(36)23-35(28-20-18-27(19-21-28)24(3)4)40(38,39)29-16-12-9-13-17-29/h8-21,24-25,30H,6-7,22-23H2,1-5H3,(H,33,37)/t25-,30+/m0/s1. The molecule has 40 heavy (non-hydrogen) atoms. The molecule has 0 radical (unpaired) electrons. The van der Waals surface area contributed by atoms with Gasteiger partial charge in [0, 0.05) is 12.6 Å². The fraction of sp³-hybridized carbons (Fsp3) is 0.375. The summed E-state index contributed by atoms with van der Waals surface area (Å²) in [4.78, 5) is 29.0. The first-order chi connectivity index (χ1) is 19.1. The Morgan fingerprint density at radius 3 is 1.90 bits per heavy atom. The third-order valence-corrected chi connectivity index (χ3v) is 8.83. The summed E-state index contributed by atoms with van der Waals surface area (Å²) in [7, 11) is -4.08. The Bertz CT molecular complexity index is 1340. The second-order valence-corrected chi connectivity index (χ2v) is 12.2. The highest BCUT2D eigenvalue weighted by molar-refractivity contribution is 7.92. The first-order valence-electron chi connectivity index (χ1n) is 13.9. The van der Waals surface area contributed by atoms with Gasteiger partial charge in [-0.25, -0.2) is 8.42 Å². The van der Waals surface area contributed by atoms with Gasteiger partial charge in [0.2, 0.25) is 11.8 Å². The van der Waals surface area contributed by atoms with Crippen molar-refractivity contribution in [2.75, 3.05) is 10.8 Å². The SMILES string of the molecule is CC[C@H](C(=O)N[C@@H](C)CC)N(Cc1ccccc1)C(=O)CN(c1ccc(C(C)C)cc1)S(=O)(=O)c1ccccc1. The molecule has 3 rings (SSSR count). The van der Waals surface area contributed by atoms with E-state index in [1.165, 1.54) is 17.0 Å². The normalized spacial score (nSPS) is 12.9. The smallest absolute Gasteiger partial charge is 0.264 e. The molecule has 2 atom stereocenters. The van der Waals surface area contributed by atoms with Gasteiger partial charge < -0.3 is 10.2 Å². The number of nitrogens with zero attached hydrogens (tertiary/aromatic N) is 2. The highest BCUT2D eigenvalue weighted by Gasteiger charge is 2.34. The Kier molecular flexibility index (Phi) is 10.9. The summed E-state index contributed by atoms with van der Waals surface area (Å²) in [5, 5.41) is 2.99. The van der Waals surface area contributed by atoms with Crippen LogP contribution in [0.1, 0.15) is 64.5 Å². The molecule has 3 aromatic carbocycles. The fourth-order valence-corrected chi connectivity index (χ4v) is 5.85. The Labute approximate surface area is 239 Å². The summed E-state index contributed by atoms with van der Waals surface area (Å²) in [6.07, 6.45) is 1.14. The topological polar surface area (TPSA) is 86.8 Å². The van der Waals surface area contributed by atoms with E-state index in [1.807, 2.05) is 63.2 Å². The van der Waals surface area contributed by atoms with Crippen molar-refractivity contribution in [2.45, 2.75) is 76.9 Å². The van der Waals surface area contributed by atoms with Crippen molar-refractivity contribution < 1.29 is 18.0 Å². The summed E-state index contributed by atoms with van der Waals surface area (Å²) >= 11 is 0. The lowest BCUT2D eigenvalue weighted by molar-refractivity contribution is -0.140. The number of rotatable bonds is 13. The minimum atomic E-state index is -4.08. The number of anilines is 1. The van der Waals surface area contributed by atoms with Crippen LogP contribution in [0.3, 0.4) is 0 Å². The van der Waals surface area contributed by atoms with Crippen molar-refractivity contribution in [3.63, 3.8) is 0 Å². The van der Waals surface area contributed by atoms with Gasteiger partial charge in [-0.1, -0.05) is 88.4 Å². The van der Waals surface area contributed by atoms with Gasteiger partial charge in [-0.15, -0.1) is 0 Å². The molecule has 0 heterocycles. The van der Waals surface area contributed by atoms with Crippen LogP contribution in [0, 0.1) is 0 Å². The van der Waals surface area contributed by atoms with Gasteiger partial charge in [0.1, 0.15) is 12.6 Å². The largest absolute Gasteiger partial charge is 0.352 e. The van der Waals surface area contributed by atoms with Gasteiger partial charge in [-0.05, 0) is 61.1 Å². The lowest BCUT2D eigenvalue weighted by Gasteiger charge is -2.33. The number of amides is 2. The second kappa shape index (κ2) is 14.1. The molecule has 7 nitrogen and oxygen atoms in total. The van der Waals surface area contributed by atoms with Crippen LogP contribution >= 0.6 is 0 Å².